The van der Waals surface area contributed by atoms with Crippen molar-refractivity contribution in [2.45, 2.75) is 0 Å². The maximum absolute atomic E-state index is 12.6. The van der Waals surface area contributed by atoms with E-state index in [2.05, 4.69) is 20.2 Å². The van der Waals surface area contributed by atoms with Crippen molar-refractivity contribution in [2.24, 2.45) is 0 Å². The number of carbonyl (C=O) groups is 1. The number of hydrogen-bond donors (Lipinski definition) is 1. The van der Waals surface area contributed by atoms with Gasteiger partial charge in [-0.15, -0.1) is 0 Å². The Morgan fingerprint density at radius 3 is 2.74 bits per heavy atom. The van der Waals surface area contributed by atoms with Crippen LogP contribution >= 0.6 is 0 Å². The van der Waals surface area contributed by atoms with Crippen molar-refractivity contribution in [1.82, 2.24) is 19.9 Å². The molecule has 1 aliphatic heterocycles. The van der Waals surface area contributed by atoms with E-state index in [1.807, 2.05) is 36.4 Å². The zero-order chi connectivity index (χ0) is 22.9. The molecule has 1 fully saturated rings. The molecule has 0 bridgehead atoms. The molecule has 0 spiro atoms. The molecule has 0 atom stereocenters. The predicted molar refractivity (Wildman–Crippen MR) is 128 cm³/mol. The molecule has 1 N–H and O–H groups in total. The molecule has 4 aromatic heterocycles. The highest BCUT2D eigenvalue weighted by Gasteiger charge is 2.23. The van der Waals surface area contributed by atoms with E-state index in [0.717, 1.165) is 10.9 Å². The van der Waals surface area contributed by atoms with E-state index >= 15 is 0 Å². The third-order valence-electron chi connectivity index (χ3n) is 5.69. The predicted octanol–water partition coefficient (Wildman–Crippen LogP) is 3.92. The van der Waals surface area contributed by atoms with Crippen molar-refractivity contribution < 1.29 is 13.9 Å². The molecule has 5 heterocycles. The average Bonchev–Trinajstić information content (AvgIpc) is 3.28. The first-order valence-electron chi connectivity index (χ1n) is 11.0. The van der Waals surface area contributed by atoms with Crippen LogP contribution in [0, 0.1) is 0 Å². The summed E-state index contributed by atoms with van der Waals surface area (Å²) in [6, 6.07) is 14.7. The summed E-state index contributed by atoms with van der Waals surface area (Å²) in [7, 11) is 0. The molecule has 5 aromatic rings. The summed E-state index contributed by atoms with van der Waals surface area (Å²) < 4.78 is 11.6. The summed E-state index contributed by atoms with van der Waals surface area (Å²) in [6.45, 7) is 2.65. The molecular weight excluding hydrogens is 432 g/mol. The molecule has 9 nitrogen and oxygen atoms in total. The summed E-state index contributed by atoms with van der Waals surface area (Å²) in [5, 5.41) is 3.75. The molecule has 0 aliphatic carbocycles. The lowest BCUT2D eigenvalue weighted by molar-refractivity contribution is 0.102. The summed E-state index contributed by atoms with van der Waals surface area (Å²) in [5.74, 6) is 1.02. The van der Waals surface area contributed by atoms with Crippen LogP contribution in [0.15, 0.2) is 71.5 Å². The Balaban J connectivity index is 1.44. The Labute approximate surface area is 194 Å². The van der Waals surface area contributed by atoms with Gasteiger partial charge in [-0.1, -0.05) is 12.1 Å². The minimum absolute atomic E-state index is 0.234. The topological polar surface area (TPSA) is 106 Å². The van der Waals surface area contributed by atoms with Crippen molar-refractivity contribution in [3.05, 3.63) is 72.7 Å². The maximum atomic E-state index is 12.6. The number of hydrogen-bond acceptors (Lipinski definition) is 8. The Bertz CT molecular complexity index is 1500. The van der Waals surface area contributed by atoms with Gasteiger partial charge in [-0.3, -0.25) is 9.78 Å². The highest BCUT2D eigenvalue weighted by atomic mass is 16.5. The fourth-order valence-electron chi connectivity index (χ4n) is 4.02. The third-order valence-corrected chi connectivity index (χ3v) is 5.69. The van der Waals surface area contributed by atoms with Crippen LogP contribution in [0.3, 0.4) is 0 Å². The zero-order valence-corrected chi connectivity index (χ0v) is 18.1. The van der Waals surface area contributed by atoms with Gasteiger partial charge >= 0.3 is 0 Å². The van der Waals surface area contributed by atoms with Crippen LogP contribution in [-0.2, 0) is 4.74 Å². The van der Waals surface area contributed by atoms with Crippen LogP contribution < -0.4 is 10.2 Å². The first kappa shape index (κ1) is 20.3. The highest BCUT2D eigenvalue weighted by Crippen LogP contribution is 2.34. The van der Waals surface area contributed by atoms with Crippen LogP contribution in [0.25, 0.3) is 33.6 Å². The van der Waals surface area contributed by atoms with E-state index in [1.54, 1.807) is 24.5 Å². The lowest BCUT2D eigenvalue weighted by Crippen LogP contribution is -2.37. The van der Waals surface area contributed by atoms with E-state index < -0.39 is 0 Å². The van der Waals surface area contributed by atoms with Gasteiger partial charge in [0.2, 0.25) is 5.71 Å². The number of benzene rings is 1. The second-order valence-electron chi connectivity index (χ2n) is 7.88. The number of ether oxygens (including phenoxy) is 1. The Hall–Kier alpha value is -4.37. The Morgan fingerprint density at radius 2 is 1.88 bits per heavy atom. The van der Waals surface area contributed by atoms with Crippen molar-refractivity contribution >= 4 is 39.6 Å². The molecular formula is C25H20N6O3. The van der Waals surface area contributed by atoms with Gasteiger partial charge in [0.15, 0.2) is 17.2 Å². The summed E-state index contributed by atoms with van der Waals surface area (Å²) >= 11 is 0. The number of nitrogens with one attached hydrogen (secondary N) is 1. The summed E-state index contributed by atoms with van der Waals surface area (Å²) in [6.07, 6.45) is 4.86. The second-order valence-corrected chi connectivity index (χ2v) is 7.88. The number of aromatic nitrogens is 4. The molecule has 1 aromatic carbocycles. The first-order chi connectivity index (χ1) is 16.8. The molecule has 1 amide bonds. The number of nitrogens with zero attached hydrogens (tertiary/aromatic N) is 5. The van der Waals surface area contributed by atoms with Crippen LogP contribution in [0.5, 0.6) is 0 Å². The molecule has 168 valence electrons. The SMILES string of the molecule is O=C(Nc1cccc(-c2nc(N3CCOCC3)c3oc4ncccc4c3n2)c1)c1cccnc1. The quantitative estimate of drug-likeness (QED) is 0.437. The maximum Gasteiger partial charge on any atom is 0.257 e. The van der Waals surface area contributed by atoms with Crippen molar-refractivity contribution in [3.63, 3.8) is 0 Å². The standard InChI is InChI=1S/C25H20N6O3/c32-24(17-5-2-8-26-15-17)28-18-6-1-4-16(14-18)22-29-20-19-7-3-9-27-25(19)34-21(20)23(30-22)31-10-12-33-13-11-31/h1-9,14-15H,10-13H2,(H,28,32). The molecule has 9 heteroatoms. The van der Waals surface area contributed by atoms with Crippen LogP contribution in [0.2, 0.25) is 0 Å². The van der Waals surface area contributed by atoms with E-state index in [4.69, 9.17) is 19.1 Å². The smallest absolute Gasteiger partial charge is 0.257 e. The fourth-order valence-corrected chi connectivity index (χ4v) is 4.02. The molecule has 0 unspecified atom stereocenters. The monoisotopic (exact) mass is 452 g/mol. The lowest BCUT2D eigenvalue weighted by Gasteiger charge is -2.27. The molecule has 1 aliphatic rings. The van der Waals surface area contributed by atoms with E-state index in [0.29, 0.717) is 66.0 Å². The van der Waals surface area contributed by atoms with Gasteiger partial charge in [-0.2, -0.15) is 0 Å². The Kier molecular flexibility index (Phi) is 5.08. The van der Waals surface area contributed by atoms with Crippen molar-refractivity contribution in [3.8, 4) is 11.4 Å². The molecule has 0 radical (unpaired) electrons. The molecule has 34 heavy (non-hydrogen) atoms. The van der Waals surface area contributed by atoms with E-state index in [9.17, 15) is 4.79 Å². The van der Waals surface area contributed by atoms with Crippen molar-refractivity contribution in [1.29, 1.82) is 0 Å². The van der Waals surface area contributed by atoms with E-state index in [-0.39, 0.29) is 5.91 Å². The number of amides is 1. The van der Waals surface area contributed by atoms with Gasteiger partial charge < -0.3 is 19.4 Å². The van der Waals surface area contributed by atoms with Crippen LogP contribution in [0.1, 0.15) is 10.4 Å². The van der Waals surface area contributed by atoms with Crippen molar-refractivity contribution in [2.75, 3.05) is 36.5 Å². The number of fused-ring (bicyclic) bond motifs is 3. The minimum Gasteiger partial charge on any atom is -0.432 e. The van der Waals surface area contributed by atoms with Gasteiger partial charge in [-0.05, 0) is 36.4 Å². The number of rotatable bonds is 4. The first-order valence-corrected chi connectivity index (χ1v) is 11.0. The number of morpholine rings is 1. The lowest BCUT2D eigenvalue weighted by atomic mass is 10.1. The van der Waals surface area contributed by atoms with Gasteiger partial charge in [0.05, 0.1) is 24.2 Å². The largest absolute Gasteiger partial charge is 0.432 e. The zero-order valence-electron chi connectivity index (χ0n) is 18.1. The highest BCUT2D eigenvalue weighted by molar-refractivity contribution is 6.06. The summed E-state index contributed by atoms with van der Waals surface area (Å²) in [4.78, 5) is 32.8. The number of carbonyl (C=O) groups excluding carboxylic acids is 1. The number of anilines is 2. The average molecular weight is 452 g/mol. The van der Waals surface area contributed by atoms with Crippen LogP contribution in [-0.4, -0.2) is 52.1 Å². The van der Waals surface area contributed by atoms with Gasteiger partial charge in [0.25, 0.3) is 5.91 Å². The molecule has 6 rings (SSSR count). The third kappa shape index (κ3) is 3.71. The van der Waals surface area contributed by atoms with E-state index in [1.165, 1.54) is 6.20 Å². The fraction of sp³-hybridized carbons (Fsp3) is 0.160. The van der Waals surface area contributed by atoms with Gasteiger partial charge in [0.1, 0.15) is 5.52 Å². The van der Waals surface area contributed by atoms with Gasteiger partial charge in [-0.25, -0.2) is 15.0 Å². The normalized spacial score (nSPS) is 13.9. The summed E-state index contributed by atoms with van der Waals surface area (Å²) in [5.41, 5.74) is 3.74. The molecule has 0 saturated carbocycles. The molecule has 1 saturated heterocycles. The van der Waals surface area contributed by atoms with Crippen LogP contribution in [0.4, 0.5) is 11.5 Å². The number of pyridine rings is 2. The Morgan fingerprint density at radius 1 is 1.00 bits per heavy atom. The number of furan rings is 1. The van der Waals surface area contributed by atoms with Gasteiger partial charge in [0, 0.05) is 42.9 Å². The second kappa shape index (κ2) is 8.53. The minimum atomic E-state index is -0.234.